The molecule has 1 saturated heterocycles. The molecular weight excluding hydrogens is 278 g/mol. The molecule has 0 radical (unpaired) electrons. The zero-order chi connectivity index (χ0) is 15.4. The van der Waals surface area contributed by atoms with Crippen molar-refractivity contribution in [1.29, 1.82) is 0 Å². The highest BCUT2D eigenvalue weighted by molar-refractivity contribution is 5.67. The lowest BCUT2D eigenvalue weighted by Crippen LogP contribution is -2.52. The third kappa shape index (κ3) is 3.27. The lowest BCUT2D eigenvalue weighted by molar-refractivity contribution is -0.0570. The van der Waals surface area contributed by atoms with Crippen LogP contribution in [0.1, 0.15) is 44.1 Å². The van der Waals surface area contributed by atoms with Crippen LogP contribution in [-0.4, -0.2) is 35.3 Å². The van der Waals surface area contributed by atoms with Crippen LogP contribution < -0.4 is 0 Å². The maximum atomic E-state index is 12.3. The van der Waals surface area contributed by atoms with Crippen molar-refractivity contribution < 1.29 is 14.6 Å². The minimum atomic E-state index is -0.272. The van der Waals surface area contributed by atoms with Crippen LogP contribution in [0, 0.1) is 5.41 Å². The average molecular weight is 303 g/mol. The van der Waals surface area contributed by atoms with E-state index < -0.39 is 0 Å². The third-order valence-corrected chi connectivity index (χ3v) is 5.18. The Morgan fingerprint density at radius 3 is 2.77 bits per heavy atom. The Balaban J connectivity index is 1.58. The molecule has 2 unspecified atom stereocenters. The minimum absolute atomic E-state index is 0.0950. The van der Waals surface area contributed by atoms with Crippen LogP contribution in [0.25, 0.3) is 0 Å². The zero-order valence-electron chi connectivity index (χ0n) is 13.0. The van der Waals surface area contributed by atoms with E-state index in [0.29, 0.717) is 13.2 Å². The van der Waals surface area contributed by atoms with Gasteiger partial charge in [-0.15, -0.1) is 0 Å². The summed E-state index contributed by atoms with van der Waals surface area (Å²) in [6, 6.07) is 9.74. The fourth-order valence-electron chi connectivity index (χ4n) is 3.89. The van der Waals surface area contributed by atoms with Crippen molar-refractivity contribution in [2.45, 2.75) is 51.2 Å². The number of likely N-dealkylation sites (tertiary alicyclic amines) is 1. The molecule has 1 aliphatic carbocycles. The molecule has 0 aromatic heterocycles. The Hall–Kier alpha value is -1.55. The van der Waals surface area contributed by atoms with Gasteiger partial charge in [0.1, 0.15) is 6.61 Å². The number of nitrogens with zero attached hydrogens (tertiary/aromatic N) is 1. The summed E-state index contributed by atoms with van der Waals surface area (Å²) in [5.41, 5.74) is 0.905. The van der Waals surface area contributed by atoms with Gasteiger partial charge < -0.3 is 14.7 Å². The molecule has 22 heavy (non-hydrogen) atoms. The van der Waals surface area contributed by atoms with Crippen molar-refractivity contribution in [3.05, 3.63) is 35.9 Å². The highest BCUT2D eigenvalue weighted by Gasteiger charge is 2.44. The quantitative estimate of drug-likeness (QED) is 0.911. The summed E-state index contributed by atoms with van der Waals surface area (Å²) < 4.78 is 5.44. The second-order valence-electron chi connectivity index (χ2n) is 6.69. The summed E-state index contributed by atoms with van der Waals surface area (Å²) in [7, 11) is 0. The lowest BCUT2D eigenvalue weighted by Gasteiger charge is -2.47. The van der Waals surface area contributed by atoms with Gasteiger partial charge in [0.15, 0.2) is 0 Å². The van der Waals surface area contributed by atoms with E-state index in [0.717, 1.165) is 50.6 Å². The fourth-order valence-corrected chi connectivity index (χ4v) is 3.89. The molecule has 3 rings (SSSR count). The van der Waals surface area contributed by atoms with Gasteiger partial charge in [0.25, 0.3) is 0 Å². The first kappa shape index (κ1) is 15.3. The SMILES string of the molecule is O=C(OCc1ccccc1)N1CCCC2(CCCCC2O)C1. The number of amides is 1. The summed E-state index contributed by atoms with van der Waals surface area (Å²) in [4.78, 5) is 14.1. The highest BCUT2D eigenvalue weighted by Crippen LogP contribution is 2.43. The number of hydrogen-bond donors (Lipinski definition) is 1. The Labute approximate surface area is 132 Å². The number of benzene rings is 1. The Kier molecular flexibility index (Phi) is 4.67. The summed E-state index contributed by atoms with van der Waals surface area (Å²) in [6.07, 6.45) is 5.61. The molecule has 2 fully saturated rings. The maximum absolute atomic E-state index is 12.3. The second-order valence-corrected chi connectivity index (χ2v) is 6.69. The second kappa shape index (κ2) is 6.69. The molecule has 4 heteroatoms. The summed E-state index contributed by atoms with van der Waals surface area (Å²) >= 11 is 0. The molecular formula is C18H25NO3. The third-order valence-electron chi connectivity index (χ3n) is 5.18. The van der Waals surface area contributed by atoms with E-state index in [2.05, 4.69) is 0 Å². The van der Waals surface area contributed by atoms with Gasteiger partial charge in [-0.25, -0.2) is 4.79 Å². The topological polar surface area (TPSA) is 49.8 Å². The van der Waals surface area contributed by atoms with E-state index in [-0.39, 0.29) is 17.6 Å². The number of hydrogen-bond acceptors (Lipinski definition) is 3. The molecule has 2 atom stereocenters. The fraction of sp³-hybridized carbons (Fsp3) is 0.611. The molecule has 4 nitrogen and oxygen atoms in total. The summed E-state index contributed by atoms with van der Waals surface area (Å²) in [6.45, 7) is 1.69. The molecule has 1 aromatic rings. The van der Waals surface area contributed by atoms with Crippen LogP contribution in [0.15, 0.2) is 30.3 Å². The van der Waals surface area contributed by atoms with Crippen LogP contribution >= 0.6 is 0 Å². The number of piperidine rings is 1. The van der Waals surface area contributed by atoms with E-state index in [1.807, 2.05) is 30.3 Å². The van der Waals surface area contributed by atoms with Crippen molar-refractivity contribution in [3.8, 4) is 0 Å². The average Bonchev–Trinajstić information content (AvgIpc) is 2.57. The number of ether oxygens (including phenoxy) is 1. The monoisotopic (exact) mass is 303 g/mol. The normalized spacial score (nSPS) is 28.6. The van der Waals surface area contributed by atoms with E-state index in [1.54, 1.807) is 4.90 Å². The number of carbonyl (C=O) groups excluding carboxylic acids is 1. The van der Waals surface area contributed by atoms with E-state index in [9.17, 15) is 9.90 Å². The van der Waals surface area contributed by atoms with Gasteiger partial charge >= 0.3 is 6.09 Å². The molecule has 1 spiro atoms. The molecule has 1 aliphatic heterocycles. The standard InChI is InChI=1S/C18H25NO3/c20-16-9-4-5-10-18(16)11-6-12-19(14-18)17(21)22-13-15-7-2-1-3-8-15/h1-3,7-8,16,20H,4-6,9-14H2. The molecule has 2 aliphatic rings. The lowest BCUT2D eigenvalue weighted by atomic mass is 9.67. The van der Waals surface area contributed by atoms with Crippen molar-refractivity contribution in [2.24, 2.45) is 5.41 Å². The molecule has 0 bridgehead atoms. The number of carbonyl (C=O) groups is 1. The number of aliphatic hydroxyl groups excluding tert-OH is 1. The van der Waals surface area contributed by atoms with Gasteiger partial charge in [0, 0.05) is 18.5 Å². The van der Waals surface area contributed by atoms with Gasteiger partial charge in [-0.2, -0.15) is 0 Å². The first-order valence-corrected chi connectivity index (χ1v) is 8.33. The number of rotatable bonds is 2. The Morgan fingerprint density at radius 1 is 1.23 bits per heavy atom. The summed E-state index contributed by atoms with van der Waals surface area (Å²) in [5, 5.41) is 10.4. The van der Waals surface area contributed by atoms with Crippen molar-refractivity contribution >= 4 is 6.09 Å². The Bertz CT molecular complexity index is 500. The van der Waals surface area contributed by atoms with Crippen LogP contribution in [0.4, 0.5) is 4.79 Å². The first-order valence-electron chi connectivity index (χ1n) is 8.33. The molecule has 1 heterocycles. The largest absolute Gasteiger partial charge is 0.445 e. The van der Waals surface area contributed by atoms with Crippen LogP contribution in [0.3, 0.4) is 0 Å². The van der Waals surface area contributed by atoms with Crippen molar-refractivity contribution in [2.75, 3.05) is 13.1 Å². The summed E-state index contributed by atoms with van der Waals surface area (Å²) in [5.74, 6) is 0. The van der Waals surface area contributed by atoms with Gasteiger partial charge in [-0.1, -0.05) is 43.2 Å². The molecule has 1 amide bonds. The molecule has 120 valence electrons. The van der Waals surface area contributed by atoms with E-state index in [4.69, 9.17) is 4.74 Å². The van der Waals surface area contributed by atoms with Crippen molar-refractivity contribution in [1.82, 2.24) is 4.90 Å². The van der Waals surface area contributed by atoms with Crippen LogP contribution in [0.2, 0.25) is 0 Å². The number of aliphatic hydroxyl groups is 1. The van der Waals surface area contributed by atoms with E-state index in [1.165, 1.54) is 0 Å². The van der Waals surface area contributed by atoms with Crippen LogP contribution in [-0.2, 0) is 11.3 Å². The van der Waals surface area contributed by atoms with Crippen LogP contribution in [0.5, 0.6) is 0 Å². The highest BCUT2D eigenvalue weighted by atomic mass is 16.6. The molecule has 1 aromatic carbocycles. The van der Waals surface area contributed by atoms with Gasteiger partial charge in [0.05, 0.1) is 6.10 Å². The van der Waals surface area contributed by atoms with Crippen molar-refractivity contribution in [3.63, 3.8) is 0 Å². The smallest absolute Gasteiger partial charge is 0.410 e. The first-order chi connectivity index (χ1) is 10.7. The van der Waals surface area contributed by atoms with E-state index >= 15 is 0 Å². The molecule has 1 N–H and O–H groups in total. The zero-order valence-corrected chi connectivity index (χ0v) is 13.0. The minimum Gasteiger partial charge on any atom is -0.445 e. The molecule has 1 saturated carbocycles. The van der Waals surface area contributed by atoms with Gasteiger partial charge in [-0.3, -0.25) is 0 Å². The predicted molar refractivity (Wildman–Crippen MR) is 84.3 cm³/mol. The predicted octanol–water partition coefficient (Wildman–Crippen LogP) is 3.34. The van der Waals surface area contributed by atoms with Gasteiger partial charge in [-0.05, 0) is 31.2 Å². The Morgan fingerprint density at radius 2 is 2.00 bits per heavy atom. The van der Waals surface area contributed by atoms with Gasteiger partial charge in [0.2, 0.25) is 0 Å². The maximum Gasteiger partial charge on any atom is 0.410 e.